The number of piperazine rings is 1. The number of amides is 3. The summed E-state index contributed by atoms with van der Waals surface area (Å²) in [5, 5.41) is 0. The van der Waals surface area contributed by atoms with Crippen molar-refractivity contribution in [1.82, 2.24) is 9.80 Å². The maximum atomic E-state index is 12.9. The Bertz CT molecular complexity index is 960. The predicted molar refractivity (Wildman–Crippen MR) is 141 cm³/mol. The standard InChI is InChI=1S/C25H31N3O5.C3H8/c1-25(2,3)33-23(30)27-15-14-26(22(29)18-27)16-17-28(21-12-8-5-9-13-21)24(31)32-19-20-10-6-4-7-11-20;1-3-2/h4-13H,14-19H2,1-3H3;3H2,1-2H3. The summed E-state index contributed by atoms with van der Waals surface area (Å²) in [5.74, 6) is -0.183. The Hall–Kier alpha value is -3.55. The minimum atomic E-state index is -0.617. The lowest BCUT2D eigenvalue weighted by molar-refractivity contribution is -0.135. The second kappa shape index (κ2) is 14.1. The molecule has 0 radical (unpaired) electrons. The molecule has 0 bridgehead atoms. The first-order valence-corrected chi connectivity index (χ1v) is 12.4. The maximum absolute atomic E-state index is 12.9. The van der Waals surface area contributed by atoms with Crippen LogP contribution in [0.15, 0.2) is 60.7 Å². The molecule has 2 aromatic rings. The van der Waals surface area contributed by atoms with Crippen molar-refractivity contribution in [3.8, 4) is 0 Å². The van der Waals surface area contributed by atoms with Crippen LogP contribution >= 0.6 is 0 Å². The molecule has 3 amide bonds. The fourth-order valence-corrected chi connectivity index (χ4v) is 3.38. The molecule has 1 aliphatic heterocycles. The van der Waals surface area contributed by atoms with Gasteiger partial charge in [0.15, 0.2) is 0 Å². The quantitative estimate of drug-likeness (QED) is 0.539. The van der Waals surface area contributed by atoms with Crippen LogP contribution in [-0.4, -0.2) is 66.2 Å². The summed E-state index contributed by atoms with van der Waals surface area (Å²) in [6, 6.07) is 18.7. The van der Waals surface area contributed by atoms with Crippen LogP contribution in [0.2, 0.25) is 0 Å². The molecule has 1 aliphatic rings. The predicted octanol–water partition coefficient (Wildman–Crippen LogP) is 5.33. The number of benzene rings is 2. The molecule has 0 N–H and O–H groups in total. The van der Waals surface area contributed by atoms with Crippen molar-refractivity contribution >= 4 is 23.8 Å². The van der Waals surface area contributed by atoms with E-state index in [0.717, 1.165) is 5.56 Å². The number of rotatable bonds is 6. The summed E-state index contributed by atoms with van der Waals surface area (Å²) in [5.41, 5.74) is 0.968. The van der Waals surface area contributed by atoms with Crippen LogP contribution in [0.25, 0.3) is 0 Å². The first-order valence-electron chi connectivity index (χ1n) is 12.4. The van der Waals surface area contributed by atoms with Crippen molar-refractivity contribution in [2.75, 3.05) is 37.6 Å². The molecule has 36 heavy (non-hydrogen) atoms. The third-order valence-electron chi connectivity index (χ3n) is 5.06. The van der Waals surface area contributed by atoms with Crippen molar-refractivity contribution in [3.63, 3.8) is 0 Å². The number of para-hydroxylation sites is 1. The SMILES string of the molecule is CC(C)(C)OC(=O)N1CCN(CCN(C(=O)OCc2ccccc2)c2ccccc2)C(=O)C1.CCC. The Kier molecular flexibility index (Phi) is 11.2. The van der Waals surface area contributed by atoms with Crippen LogP contribution in [0.1, 0.15) is 46.6 Å². The zero-order chi connectivity index (χ0) is 26.6. The van der Waals surface area contributed by atoms with E-state index < -0.39 is 17.8 Å². The van der Waals surface area contributed by atoms with Crippen molar-refractivity contribution < 1.29 is 23.9 Å². The van der Waals surface area contributed by atoms with E-state index in [-0.39, 0.29) is 25.6 Å². The molecule has 0 saturated carbocycles. The molecule has 8 nitrogen and oxygen atoms in total. The molecule has 0 aromatic heterocycles. The second-order valence-corrected chi connectivity index (χ2v) is 9.52. The number of ether oxygens (including phenoxy) is 2. The van der Waals surface area contributed by atoms with Gasteiger partial charge in [-0.15, -0.1) is 0 Å². The van der Waals surface area contributed by atoms with Crippen LogP contribution in [0.3, 0.4) is 0 Å². The van der Waals surface area contributed by atoms with Crippen LogP contribution in [-0.2, 0) is 20.9 Å². The second-order valence-electron chi connectivity index (χ2n) is 9.52. The largest absolute Gasteiger partial charge is 0.444 e. The van der Waals surface area contributed by atoms with E-state index in [1.54, 1.807) is 25.7 Å². The molecular weight excluding hydrogens is 458 g/mol. The minimum Gasteiger partial charge on any atom is -0.444 e. The van der Waals surface area contributed by atoms with Gasteiger partial charge in [0.2, 0.25) is 5.91 Å². The van der Waals surface area contributed by atoms with E-state index in [4.69, 9.17) is 9.47 Å². The van der Waals surface area contributed by atoms with Gasteiger partial charge < -0.3 is 14.4 Å². The molecule has 0 aliphatic carbocycles. The van der Waals surface area contributed by atoms with Gasteiger partial charge in [0, 0.05) is 31.9 Å². The van der Waals surface area contributed by atoms with Crippen LogP contribution in [0, 0.1) is 0 Å². The zero-order valence-corrected chi connectivity index (χ0v) is 22.1. The molecule has 0 atom stereocenters. The zero-order valence-electron chi connectivity index (χ0n) is 22.1. The van der Waals surface area contributed by atoms with Crippen molar-refractivity contribution in [3.05, 3.63) is 66.2 Å². The highest BCUT2D eigenvalue weighted by atomic mass is 16.6. The van der Waals surface area contributed by atoms with E-state index in [9.17, 15) is 14.4 Å². The van der Waals surface area contributed by atoms with Gasteiger partial charge in [0.05, 0.1) is 0 Å². The van der Waals surface area contributed by atoms with Crippen LogP contribution in [0.5, 0.6) is 0 Å². The highest BCUT2D eigenvalue weighted by Gasteiger charge is 2.30. The first kappa shape index (κ1) is 28.7. The van der Waals surface area contributed by atoms with E-state index in [1.165, 1.54) is 16.2 Å². The van der Waals surface area contributed by atoms with Gasteiger partial charge in [-0.05, 0) is 38.5 Å². The Labute approximate surface area is 214 Å². The van der Waals surface area contributed by atoms with Crippen molar-refractivity contribution in [2.24, 2.45) is 0 Å². The topological polar surface area (TPSA) is 79.4 Å². The van der Waals surface area contributed by atoms with Gasteiger partial charge in [-0.2, -0.15) is 0 Å². The van der Waals surface area contributed by atoms with Crippen molar-refractivity contribution in [2.45, 2.75) is 53.2 Å². The molecule has 3 rings (SSSR count). The van der Waals surface area contributed by atoms with E-state index in [1.807, 2.05) is 60.7 Å². The molecule has 196 valence electrons. The molecule has 8 heteroatoms. The number of carbonyl (C=O) groups excluding carboxylic acids is 3. The van der Waals surface area contributed by atoms with E-state index in [2.05, 4.69) is 13.8 Å². The number of carbonyl (C=O) groups is 3. The number of hydrogen-bond acceptors (Lipinski definition) is 5. The number of hydrogen-bond donors (Lipinski definition) is 0. The first-order chi connectivity index (χ1) is 17.1. The lowest BCUT2D eigenvalue weighted by atomic mass is 10.2. The summed E-state index contributed by atoms with van der Waals surface area (Å²) in [7, 11) is 0. The fourth-order valence-electron chi connectivity index (χ4n) is 3.38. The van der Waals surface area contributed by atoms with Gasteiger partial charge in [-0.3, -0.25) is 14.6 Å². The Morgan fingerprint density at radius 3 is 2.08 bits per heavy atom. The van der Waals surface area contributed by atoms with Gasteiger partial charge in [0.25, 0.3) is 0 Å². The van der Waals surface area contributed by atoms with Crippen molar-refractivity contribution in [1.29, 1.82) is 0 Å². The van der Waals surface area contributed by atoms with E-state index in [0.29, 0.717) is 25.3 Å². The number of anilines is 1. The molecule has 1 saturated heterocycles. The molecular formula is C28H39N3O5. The fraction of sp³-hybridized carbons (Fsp3) is 0.464. The average molecular weight is 498 g/mol. The highest BCUT2D eigenvalue weighted by molar-refractivity contribution is 5.88. The lowest BCUT2D eigenvalue weighted by Crippen LogP contribution is -2.54. The molecule has 1 fully saturated rings. The van der Waals surface area contributed by atoms with Gasteiger partial charge in [0.1, 0.15) is 18.8 Å². The van der Waals surface area contributed by atoms with Crippen LogP contribution in [0.4, 0.5) is 15.3 Å². The third-order valence-corrected chi connectivity index (χ3v) is 5.06. The van der Waals surface area contributed by atoms with E-state index >= 15 is 0 Å². The average Bonchev–Trinajstić information content (AvgIpc) is 2.84. The minimum absolute atomic E-state index is 0.0430. The smallest absolute Gasteiger partial charge is 0.414 e. The Balaban J connectivity index is 0.00000145. The summed E-state index contributed by atoms with van der Waals surface area (Å²) >= 11 is 0. The summed E-state index contributed by atoms with van der Waals surface area (Å²) in [6.07, 6.45) is 0.274. The molecule has 0 unspecified atom stereocenters. The summed E-state index contributed by atoms with van der Waals surface area (Å²) < 4.78 is 10.9. The van der Waals surface area contributed by atoms with Gasteiger partial charge in [-0.25, -0.2) is 9.59 Å². The van der Waals surface area contributed by atoms with Gasteiger partial charge in [-0.1, -0.05) is 68.8 Å². The summed E-state index contributed by atoms with van der Waals surface area (Å²) in [6.45, 7) is 11.1. The molecule has 0 spiro atoms. The number of nitrogens with zero attached hydrogens (tertiary/aromatic N) is 3. The molecule has 1 heterocycles. The molecule has 2 aromatic carbocycles. The highest BCUT2D eigenvalue weighted by Crippen LogP contribution is 2.17. The Morgan fingerprint density at radius 1 is 0.944 bits per heavy atom. The lowest BCUT2D eigenvalue weighted by Gasteiger charge is -2.36. The monoisotopic (exact) mass is 497 g/mol. The summed E-state index contributed by atoms with van der Waals surface area (Å²) in [4.78, 5) is 42.4. The normalized spacial score (nSPS) is 13.4. The third kappa shape index (κ3) is 9.60. The Morgan fingerprint density at radius 2 is 1.53 bits per heavy atom. The van der Waals surface area contributed by atoms with Crippen LogP contribution < -0.4 is 4.90 Å². The maximum Gasteiger partial charge on any atom is 0.414 e. The van der Waals surface area contributed by atoms with Gasteiger partial charge >= 0.3 is 12.2 Å².